The number of hydrogen-bond acceptors (Lipinski definition) is 6. The van der Waals surface area contributed by atoms with Crippen LogP contribution in [0.25, 0.3) is 0 Å². The van der Waals surface area contributed by atoms with Crippen molar-refractivity contribution in [1.82, 2.24) is 0 Å². The average Bonchev–Trinajstić information content (AvgIpc) is 2.61. The number of rotatable bonds is 6. The Morgan fingerprint density at radius 1 is 1.09 bits per heavy atom. The lowest BCUT2D eigenvalue weighted by atomic mass is 9.45. The molecule has 4 saturated carbocycles. The van der Waals surface area contributed by atoms with Crippen molar-refractivity contribution in [2.45, 2.75) is 69.1 Å². The van der Waals surface area contributed by atoms with Gasteiger partial charge in [-0.15, -0.1) is 0 Å². The lowest BCUT2D eigenvalue weighted by Gasteiger charge is -2.62. The van der Waals surface area contributed by atoms with Gasteiger partial charge in [-0.3, -0.25) is 9.35 Å². The minimum atomic E-state index is -6.52. The van der Waals surface area contributed by atoms with E-state index < -0.39 is 62.4 Å². The zero-order valence-corrected chi connectivity index (χ0v) is 18.1. The molecule has 0 aromatic rings. The third-order valence-electron chi connectivity index (χ3n) is 7.08. The molecule has 4 fully saturated rings. The Morgan fingerprint density at radius 3 is 2.00 bits per heavy atom. The number of carbonyl (C=O) groups is 2. The molecule has 4 aliphatic carbocycles. The molecule has 0 saturated heterocycles. The molecule has 13 heteroatoms. The van der Waals surface area contributed by atoms with Gasteiger partial charge in [0.25, 0.3) is 6.10 Å². The highest BCUT2D eigenvalue weighted by Crippen LogP contribution is 2.65. The topological polar surface area (TPSA) is 107 Å². The van der Waals surface area contributed by atoms with Crippen molar-refractivity contribution in [3.63, 3.8) is 0 Å². The van der Waals surface area contributed by atoms with Gasteiger partial charge in [0.1, 0.15) is 5.60 Å². The summed E-state index contributed by atoms with van der Waals surface area (Å²) in [6, 6.07) is 0. The fourth-order valence-electron chi connectivity index (χ4n) is 5.58. The molecule has 3 unspecified atom stereocenters. The molecule has 0 amide bonds. The van der Waals surface area contributed by atoms with Crippen molar-refractivity contribution < 1.29 is 54.0 Å². The van der Waals surface area contributed by atoms with E-state index in [-0.39, 0.29) is 30.8 Å². The fourth-order valence-corrected chi connectivity index (χ4v) is 6.04. The maximum absolute atomic E-state index is 13.9. The molecule has 3 atom stereocenters. The smallest absolute Gasteiger partial charge is 0.432 e. The molecule has 7 nitrogen and oxygen atoms in total. The molecule has 4 aliphatic rings. The van der Waals surface area contributed by atoms with Crippen molar-refractivity contribution in [3.8, 4) is 0 Å². The molecule has 32 heavy (non-hydrogen) atoms. The summed E-state index contributed by atoms with van der Waals surface area (Å²) in [5.74, 6) is -3.24. The summed E-state index contributed by atoms with van der Waals surface area (Å²) >= 11 is 0. The van der Waals surface area contributed by atoms with Crippen LogP contribution in [0.5, 0.6) is 0 Å². The third kappa shape index (κ3) is 3.91. The van der Waals surface area contributed by atoms with Crippen molar-refractivity contribution >= 4 is 22.1 Å². The van der Waals surface area contributed by atoms with E-state index in [1.165, 1.54) is 6.92 Å². The Balaban J connectivity index is 1.89. The SMILES string of the molecule is C=C(C)C(=O)OC1(C)C2CC3CC1CC(C(=O)OC(C(F)(F)F)C(F)(F)S(=O)(=O)O)(C3)C2. The first-order valence-electron chi connectivity index (χ1n) is 9.85. The molecule has 0 aromatic heterocycles. The lowest BCUT2D eigenvalue weighted by molar-refractivity contribution is -0.271. The molecular formula is C19H23F5O7S. The highest BCUT2D eigenvalue weighted by atomic mass is 32.2. The van der Waals surface area contributed by atoms with Crippen molar-refractivity contribution in [2.75, 3.05) is 0 Å². The van der Waals surface area contributed by atoms with E-state index in [2.05, 4.69) is 11.3 Å². The van der Waals surface area contributed by atoms with Gasteiger partial charge in [0.05, 0.1) is 5.41 Å². The first-order chi connectivity index (χ1) is 14.3. The van der Waals surface area contributed by atoms with Crippen LogP contribution in [0.4, 0.5) is 22.0 Å². The quantitative estimate of drug-likeness (QED) is 0.262. The van der Waals surface area contributed by atoms with Crippen LogP contribution in [0.2, 0.25) is 0 Å². The largest absolute Gasteiger partial charge is 0.455 e. The average molecular weight is 490 g/mol. The number of esters is 2. The van der Waals surface area contributed by atoms with E-state index in [0.717, 1.165) is 0 Å². The van der Waals surface area contributed by atoms with Crippen molar-refractivity contribution in [2.24, 2.45) is 23.2 Å². The first kappa shape index (κ1) is 24.9. The molecule has 0 aliphatic heterocycles. The molecule has 0 spiro atoms. The standard InChI is InChI=1S/C19H23F5O7S/c1-9(2)13(25)31-16(3)11-4-10-5-12(16)8-17(6-10,7-11)15(26)30-14(18(20,21)22)19(23,24)32(27,28)29/h10-12,14H,1,4-8H2,2-3H3,(H,27,28,29). The zero-order chi connectivity index (χ0) is 24.5. The second-order valence-corrected chi connectivity index (χ2v) is 10.8. The molecule has 4 rings (SSSR count). The van der Waals surface area contributed by atoms with Gasteiger partial charge in [0, 0.05) is 17.4 Å². The van der Waals surface area contributed by atoms with Crippen molar-refractivity contribution in [3.05, 3.63) is 12.2 Å². The van der Waals surface area contributed by atoms with Crippen LogP contribution < -0.4 is 0 Å². The minimum Gasteiger partial charge on any atom is -0.455 e. The monoisotopic (exact) mass is 490 g/mol. The summed E-state index contributed by atoms with van der Waals surface area (Å²) in [6.45, 7) is 6.64. The minimum absolute atomic E-state index is 0.0686. The predicted octanol–water partition coefficient (Wildman–Crippen LogP) is 3.65. The number of alkyl halides is 5. The summed E-state index contributed by atoms with van der Waals surface area (Å²) in [4.78, 5) is 24.9. The Bertz CT molecular complexity index is 926. The van der Waals surface area contributed by atoms with Gasteiger partial charge in [-0.2, -0.15) is 30.4 Å². The van der Waals surface area contributed by atoms with E-state index in [1.54, 1.807) is 6.92 Å². The van der Waals surface area contributed by atoms with Gasteiger partial charge >= 0.3 is 33.5 Å². The van der Waals surface area contributed by atoms with Gasteiger partial charge in [-0.25, -0.2) is 4.79 Å². The van der Waals surface area contributed by atoms with E-state index in [4.69, 9.17) is 9.29 Å². The highest BCUT2D eigenvalue weighted by Gasteiger charge is 2.69. The maximum Gasteiger partial charge on any atom is 0.432 e. The second-order valence-electron chi connectivity index (χ2n) is 9.34. The van der Waals surface area contributed by atoms with Crippen LogP contribution in [-0.2, 0) is 29.2 Å². The number of hydrogen-bond donors (Lipinski definition) is 1. The summed E-state index contributed by atoms with van der Waals surface area (Å²) in [7, 11) is -6.52. The Labute approximate surface area is 181 Å². The van der Waals surface area contributed by atoms with Gasteiger partial charge in [-0.1, -0.05) is 6.58 Å². The van der Waals surface area contributed by atoms with Crippen LogP contribution in [0, 0.1) is 23.2 Å². The molecule has 0 heterocycles. The third-order valence-corrected chi connectivity index (χ3v) is 7.98. The molecule has 1 N–H and O–H groups in total. The van der Waals surface area contributed by atoms with Gasteiger partial charge in [-0.05, 0) is 51.9 Å². The molecule has 182 valence electrons. The van der Waals surface area contributed by atoms with Crippen LogP contribution >= 0.6 is 0 Å². The summed E-state index contributed by atoms with van der Waals surface area (Å²) < 4.78 is 107. The van der Waals surface area contributed by atoms with Crippen LogP contribution in [0.15, 0.2) is 12.2 Å². The number of halogens is 5. The Kier molecular flexibility index (Phi) is 5.73. The molecule has 0 aromatic carbocycles. The van der Waals surface area contributed by atoms with Gasteiger partial charge < -0.3 is 9.47 Å². The zero-order valence-electron chi connectivity index (χ0n) is 17.2. The fraction of sp³-hybridized carbons (Fsp3) is 0.789. The normalized spacial score (nSPS) is 35.3. The van der Waals surface area contributed by atoms with Crippen LogP contribution in [-0.4, -0.2) is 48.0 Å². The van der Waals surface area contributed by atoms with Crippen molar-refractivity contribution in [1.29, 1.82) is 0 Å². The van der Waals surface area contributed by atoms with E-state index >= 15 is 0 Å². The summed E-state index contributed by atoms with van der Waals surface area (Å²) in [5, 5.41) is -5.78. The Hall–Kier alpha value is -1.76. The molecule has 0 radical (unpaired) electrons. The van der Waals surface area contributed by atoms with Gasteiger partial charge in [0.2, 0.25) is 0 Å². The summed E-state index contributed by atoms with van der Waals surface area (Å²) in [6.07, 6.45) is -9.32. The number of carbonyl (C=O) groups excluding carboxylic acids is 2. The van der Waals surface area contributed by atoms with E-state index in [9.17, 15) is 40.0 Å². The predicted molar refractivity (Wildman–Crippen MR) is 97.7 cm³/mol. The first-order valence-corrected chi connectivity index (χ1v) is 11.3. The molecule has 4 bridgehead atoms. The second kappa shape index (κ2) is 7.37. The number of ether oxygens (including phenoxy) is 2. The van der Waals surface area contributed by atoms with E-state index in [0.29, 0.717) is 12.8 Å². The maximum atomic E-state index is 13.9. The van der Waals surface area contributed by atoms with Crippen LogP contribution in [0.3, 0.4) is 0 Å². The molecular weight excluding hydrogens is 467 g/mol. The van der Waals surface area contributed by atoms with Gasteiger partial charge in [0.15, 0.2) is 0 Å². The summed E-state index contributed by atoms with van der Waals surface area (Å²) in [5.41, 5.74) is -2.42. The lowest BCUT2D eigenvalue weighted by Crippen LogP contribution is -2.64. The van der Waals surface area contributed by atoms with Crippen LogP contribution in [0.1, 0.15) is 46.0 Å². The Morgan fingerprint density at radius 2 is 1.59 bits per heavy atom. The highest BCUT2D eigenvalue weighted by molar-refractivity contribution is 7.86. The van der Waals surface area contributed by atoms with E-state index in [1.807, 2.05) is 0 Å².